The number of anilines is 1. The second-order valence-corrected chi connectivity index (χ2v) is 5.50. The van der Waals surface area contributed by atoms with Gasteiger partial charge < -0.3 is 4.90 Å². The highest BCUT2D eigenvalue weighted by Crippen LogP contribution is 2.27. The molecule has 1 amide bonds. The molecule has 0 unspecified atom stereocenters. The van der Waals surface area contributed by atoms with Gasteiger partial charge in [0.1, 0.15) is 18.4 Å². The molecule has 1 aliphatic heterocycles. The summed E-state index contributed by atoms with van der Waals surface area (Å²) >= 11 is 0. The van der Waals surface area contributed by atoms with Gasteiger partial charge in [-0.1, -0.05) is 0 Å². The van der Waals surface area contributed by atoms with Crippen molar-refractivity contribution in [3.8, 4) is 0 Å². The third-order valence-electron chi connectivity index (χ3n) is 4.00. The van der Waals surface area contributed by atoms with Crippen molar-refractivity contribution in [1.82, 2.24) is 24.4 Å². The smallest absolute Gasteiger partial charge is 0.293 e. The minimum atomic E-state index is -0.330. The van der Waals surface area contributed by atoms with E-state index in [-0.39, 0.29) is 18.0 Å². The summed E-state index contributed by atoms with van der Waals surface area (Å²) in [4.78, 5) is 30.8. The summed E-state index contributed by atoms with van der Waals surface area (Å²) in [5.74, 6) is -0.159. The standard InChI is InChI=1S/C15H14N6O2/c1-10-6-13-11(7-16-10)3-5-19(13)14(22)8-20-15(23)12-2-4-17-21(12)9-18-20/h2,4,6-7,9H,3,5,8H2,1H3. The van der Waals surface area contributed by atoms with E-state index in [1.54, 1.807) is 17.2 Å². The fourth-order valence-corrected chi connectivity index (χ4v) is 2.83. The zero-order valence-corrected chi connectivity index (χ0v) is 12.5. The molecule has 1 aliphatic rings. The summed E-state index contributed by atoms with van der Waals surface area (Å²) in [5.41, 5.74) is 2.86. The van der Waals surface area contributed by atoms with E-state index < -0.39 is 0 Å². The molecule has 0 aliphatic carbocycles. The van der Waals surface area contributed by atoms with Crippen LogP contribution in [0.2, 0.25) is 0 Å². The highest BCUT2D eigenvalue weighted by molar-refractivity contribution is 5.95. The van der Waals surface area contributed by atoms with E-state index in [0.717, 1.165) is 23.4 Å². The first-order chi connectivity index (χ1) is 11.1. The van der Waals surface area contributed by atoms with Gasteiger partial charge in [-0.15, -0.1) is 0 Å². The lowest BCUT2D eigenvalue weighted by Crippen LogP contribution is -2.36. The lowest BCUT2D eigenvalue weighted by atomic mass is 10.2. The predicted octanol–water partition coefficient (Wildman–Crippen LogP) is 0.184. The average molecular weight is 310 g/mol. The largest absolute Gasteiger partial charge is 0.310 e. The van der Waals surface area contributed by atoms with Crippen LogP contribution in [0.4, 0.5) is 5.69 Å². The highest BCUT2D eigenvalue weighted by Gasteiger charge is 2.25. The van der Waals surface area contributed by atoms with Crippen LogP contribution in [0.5, 0.6) is 0 Å². The monoisotopic (exact) mass is 310 g/mol. The van der Waals surface area contributed by atoms with Crippen molar-refractivity contribution in [3.63, 3.8) is 0 Å². The first kappa shape index (κ1) is 13.6. The predicted molar refractivity (Wildman–Crippen MR) is 82.3 cm³/mol. The van der Waals surface area contributed by atoms with Crippen molar-refractivity contribution in [1.29, 1.82) is 0 Å². The third-order valence-corrected chi connectivity index (χ3v) is 4.00. The first-order valence-electron chi connectivity index (χ1n) is 7.29. The molecule has 3 aromatic heterocycles. The summed E-state index contributed by atoms with van der Waals surface area (Å²) in [7, 11) is 0. The van der Waals surface area contributed by atoms with E-state index in [1.807, 2.05) is 13.0 Å². The Morgan fingerprint density at radius 3 is 3.09 bits per heavy atom. The Hall–Kier alpha value is -3.03. The maximum absolute atomic E-state index is 12.6. The molecule has 0 spiro atoms. The molecule has 0 aromatic carbocycles. The number of hydrogen-bond donors (Lipinski definition) is 0. The fraction of sp³-hybridized carbons (Fsp3) is 0.267. The van der Waals surface area contributed by atoms with Gasteiger partial charge in [0.05, 0.1) is 11.9 Å². The van der Waals surface area contributed by atoms with Crippen LogP contribution in [-0.2, 0) is 17.8 Å². The van der Waals surface area contributed by atoms with Gasteiger partial charge in [0.15, 0.2) is 0 Å². The summed E-state index contributed by atoms with van der Waals surface area (Å²) in [6, 6.07) is 3.50. The minimum Gasteiger partial charge on any atom is -0.310 e. The van der Waals surface area contributed by atoms with Gasteiger partial charge in [0.25, 0.3) is 5.56 Å². The third kappa shape index (κ3) is 2.19. The number of carbonyl (C=O) groups excluding carboxylic acids is 1. The second-order valence-electron chi connectivity index (χ2n) is 5.50. The maximum Gasteiger partial charge on any atom is 0.293 e. The van der Waals surface area contributed by atoms with Gasteiger partial charge >= 0.3 is 0 Å². The number of amides is 1. The van der Waals surface area contributed by atoms with Gasteiger partial charge in [-0.05, 0) is 31.0 Å². The molecular weight excluding hydrogens is 296 g/mol. The number of aromatic nitrogens is 5. The van der Waals surface area contributed by atoms with E-state index in [9.17, 15) is 9.59 Å². The summed E-state index contributed by atoms with van der Waals surface area (Å²) in [6.07, 6.45) is 5.53. The lowest BCUT2D eigenvalue weighted by molar-refractivity contribution is -0.119. The minimum absolute atomic E-state index is 0.0959. The molecule has 116 valence electrons. The molecule has 0 bridgehead atoms. The fourth-order valence-electron chi connectivity index (χ4n) is 2.83. The molecule has 4 rings (SSSR count). The van der Waals surface area contributed by atoms with Crippen LogP contribution < -0.4 is 10.5 Å². The average Bonchev–Trinajstić information content (AvgIpc) is 3.16. The van der Waals surface area contributed by atoms with Crippen molar-refractivity contribution in [2.24, 2.45) is 0 Å². The number of fused-ring (bicyclic) bond motifs is 2. The molecule has 0 radical (unpaired) electrons. The number of pyridine rings is 1. The van der Waals surface area contributed by atoms with Crippen LogP contribution in [-0.4, -0.2) is 36.8 Å². The lowest BCUT2D eigenvalue weighted by Gasteiger charge is -2.17. The first-order valence-corrected chi connectivity index (χ1v) is 7.29. The number of hydrogen-bond acceptors (Lipinski definition) is 5. The van der Waals surface area contributed by atoms with Crippen LogP contribution in [0.1, 0.15) is 11.3 Å². The highest BCUT2D eigenvalue weighted by atomic mass is 16.2. The van der Waals surface area contributed by atoms with E-state index in [0.29, 0.717) is 12.1 Å². The number of nitrogens with zero attached hydrogens (tertiary/aromatic N) is 6. The van der Waals surface area contributed by atoms with Gasteiger partial charge in [-0.2, -0.15) is 10.2 Å². The molecule has 4 heterocycles. The molecule has 23 heavy (non-hydrogen) atoms. The summed E-state index contributed by atoms with van der Waals surface area (Å²) in [5, 5.41) is 7.96. The van der Waals surface area contributed by atoms with Crippen molar-refractivity contribution >= 4 is 17.1 Å². The Kier molecular flexibility index (Phi) is 2.97. The van der Waals surface area contributed by atoms with Crippen molar-refractivity contribution in [3.05, 3.63) is 52.5 Å². The van der Waals surface area contributed by atoms with E-state index in [1.165, 1.54) is 21.7 Å². The molecule has 0 atom stereocenters. The molecule has 8 nitrogen and oxygen atoms in total. The molecule has 3 aromatic rings. The van der Waals surface area contributed by atoms with Gasteiger partial charge in [0, 0.05) is 18.4 Å². The topological polar surface area (TPSA) is 85.4 Å². The Bertz CT molecular complexity index is 974. The number of rotatable bonds is 2. The Morgan fingerprint density at radius 2 is 2.22 bits per heavy atom. The normalized spacial score (nSPS) is 13.5. The van der Waals surface area contributed by atoms with Crippen LogP contribution in [0.15, 0.2) is 35.6 Å². The van der Waals surface area contributed by atoms with E-state index in [4.69, 9.17) is 0 Å². The molecule has 0 N–H and O–H groups in total. The molecular formula is C15H14N6O2. The maximum atomic E-state index is 12.6. The molecule has 0 fully saturated rings. The quantitative estimate of drug-likeness (QED) is 0.674. The van der Waals surface area contributed by atoms with E-state index in [2.05, 4.69) is 15.2 Å². The molecule has 8 heteroatoms. The van der Waals surface area contributed by atoms with Crippen molar-refractivity contribution in [2.45, 2.75) is 19.9 Å². The van der Waals surface area contributed by atoms with Crippen LogP contribution in [0.25, 0.3) is 5.52 Å². The number of carbonyl (C=O) groups is 1. The van der Waals surface area contributed by atoms with Crippen LogP contribution in [0.3, 0.4) is 0 Å². The number of aryl methyl sites for hydroxylation is 1. The van der Waals surface area contributed by atoms with Crippen LogP contribution >= 0.6 is 0 Å². The van der Waals surface area contributed by atoms with Gasteiger partial charge in [-0.25, -0.2) is 9.20 Å². The Morgan fingerprint density at radius 1 is 1.35 bits per heavy atom. The zero-order chi connectivity index (χ0) is 16.0. The Balaban J connectivity index is 1.65. The SMILES string of the molecule is Cc1cc2c(cn1)CCN2C(=O)Cn1ncn2nccc2c1=O. The van der Waals surface area contributed by atoms with E-state index >= 15 is 0 Å². The summed E-state index contributed by atoms with van der Waals surface area (Å²) < 4.78 is 2.56. The second kappa shape index (κ2) is 5.01. The van der Waals surface area contributed by atoms with Gasteiger partial charge in [0.2, 0.25) is 5.91 Å². The van der Waals surface area contributed by atoms with Crippen LogP contribution in [0, 0.1) is 6.92 Å². The molecule has 0 saturated heterocycles. The zero-order valence-electron chi connectivity index (χ0n) is 12.5. The Labute approximate surface area is 131 Å². The molecule has 0 saturated carbocycles. The van der Waals surface area contributed by atoms with Crippen molar-refractivity contribution in [2.75, 3.05) is 11.4 Å². The van der Waals surface area contributed by atoms with Crippen molar-refractivity contribution < 1.29 is 4.79 Å². The summed E-state index contributed by atoms with van der Waals surface area (Å²) in [6.45, 7) is 2.39. The van der Waals surface area contributed by atoms with Gasteiger partial charge in [-0.3, -0.25) is 14.6 Å².